The first-order chi connectivity index (χ1) is 11.1. The molecule has 0 aliphatic heterocycles. The third kappa shape index (κ3) is 3.34. The van der Waals surface area contributed by atoms with Crippen molar-refractivity contribution in [1.82, 2.24) is 15.1 Å². The van der Waals surface area contributed by atoms with Gasteiger partial charge in [-0.05, 0) is 49.4 Å². The first-order valence-electron chi connectivity index (χ1n) is 7.85. The molecule has 0 unspecified atom stereocenters. The van der Waals surface area contributed by atoms with Crippen molar-refractivity contribution in [3.63, 3.8) is 0 Å². The Morgan fingerprint density at radius 1 is 1.35 bits per heavy atom. The fraction of sp³-hybridized carbons (Fsp3) is 0.412. The fourth-order valence-corrected chi connectivity index (χ4v) is 3.19. The Bertz CT molecular complexity index is 727. The molecule has 1 aliphatic rings. The third-order valence-corrected chi connectivity index (χ3v) is 4.62. The van der Waals surface area contributed by atoms with E-state index in [1.807, 2.05) is 0 Å². The first kappa shape index (κ1) is 15.9. The maximum atomic E-state index is 12.5. The van der Waals surface area contributed by atoms with Gasteiger partial charge in [0.2, 0.25) is 0 Å². The summed E-state index contributed by atoms with van der Waals surface area (Å²) < 4.78 is 0. The standard InChI is InChI=1S/C17H20ClN3O2/c1-21(17(23)11-7-8-16(22)13(18)9-11)10-15-12-5-3-2-4-6-14(12)19-20-15/h7-9,22H,2-6,10H2,1H3,(H,19,20). The number of fused-ring (bicyclic) bond motifs is 1. The molecule has 2 N–H and O–H groups in total. The number of aromatic hydroxyl groups is 1. The summed E-state index contributed by atoms with van der Waals surface area (Å²) in [5.41, 5.74) is 3.89. The third-order valence-electron chi connectivity index (χ3n) is 4.32. The number of halogens is 1. The lowest BCUT2D eigenvalue weighted by atomic mass is 10.1. The Kier molecular flexibility index (Phi) is 4.57. The van der Waals surface area contributed by atoms with Crippen molar-refractivity contribution in [2.75, 3.05) is 7.05 Å². The van der Waals surface area contributed by atoms with Crippen LogP contribution >= 0.6 is 11.6 Å². The molecule has 1 heterocycles. The van der Waals surface area contributed by atoms with Gasteiger partial charge < -0.3 is 10.0 Å². The lowest BCUT2D eigenvalue weighted by Crippen LogP contribution is -2.26. The number of aromatic amines is 1. The van der Waals surface area contributed by atoms with Crippen molar-refractivity contribution < 1.29 is 9.90 Å². The molecular formula is C17H20ClN3O2. The molecule has 0 saturated carbocycles. The second kappa shape index (κ2) is 6.62. The number of phenolic OH excluding ortho intramolecular Hbond substituents is 1. The van der Waals surface area contributed by atoms with Crippen molar-refractivity contribution in [2.45, 2.75) is 38.6 Å². The Labute approximate surface area is 140 Å². The molecule has 3 rings (SSSR count). The fourth-order valence-electron chi connectivity index (χ4n) is 3.01. The predicted octanol–water partition coefficient (Wildman–Crippen LogP) is 3.31. The molecule has 5 nitrogen and oxygen atoms in total. The average molecular weight is 334 g/mol. The van der Waals surface area contributed by atoms with Gasteiger partial charge in [-0.25, -0.2) is 0 Å². The number of H-pyrrole nitrogens is 1. The zero-order valence-electron chi connectivity index (χ0n) is 13.1. The van der Waals surface area contributed by atoms with Gasteiger partial charge in [-0.1, -0.05) is 18.0 Å². The topological polar surface area (TPSA) is 69.2 Å². The number of carbonyl (C=O) groups is 1. The predicted molar refractivity (Wildman–Crippen MR) is 88.8 cm³/mol. The highest BCUT2D eigenvalue weighted by Gasteiger charge is 2.19. The van der Waals surface area contributed by atoms with Crippen LogP contribution in [0, 0.1) is 0 Å². The van der Waals surface area contributed by atoms with Crippen molar-refractivity contribution in [3.8, 4) is 5.75 Å². The Hall–Kier alpha value is -2.01. The van der Waals surface area contributed by atoms with Crippen LogP contribution in [0.3, 0.4) is 0 Å². The van der Waals surface area contributed by atoms with Gasteiger partial charge in [-0.3, -0.25) is 9.89 Å². The molecule has 0 bridgehead atoms. The highest BCUT2D eigenvalue weighted by atomic mass is 35.5. The highest BCUT2D eigenvalue weighted by Crippen LogP contribution is 2.25. The molecule has 1 aliphatic carbocycles. The quantitative estimate of drug-likeness (QED) is 0.847. The summed E-state index contributed by atoms with van der Waals surface area (Å²) >= 11 is 5.88. The van der Waals surface area contributed by atoms with Gasteiger partial charge in [0.25, 0.3) is 5.91 Å². The monoisotopic (exact) mass is 333 g/mol. The number of phenols is 1. The maximum absolute atomic E-state index is 12.5. The number of rotatable bonds is 3. The Balaban J connectivity index is 1.76. The maximum Gasteiger partial charge on any atom is 0.254 e. The van der Waals surface area contributed by atoms with Gasteiger partial charge in [0.05, 0.1) is 17.3 Å². The number of nitrogens with zero attached hydrogens (tertiary/aromatic N) is 2. The van der Waals surface area contributed by atoms with Crippen molar-refractivity contribution >= 4 is 17.5 Å². The molecule has 122 valence electrons. The van der Waals surface area contributed by atoms with E-state index in [0.717, 1.165) is 18.5 Å². The molecule has 0 saturated heterocycles. The second-order valence-corrected chi connectivity index (χ2v) is 6.42. The highest BCUT2D eigenvalue weighted by molar-refractivity contribution is 6.32. The minimum absolute atomic E-state index is 0.0245. The summed E-state index contributed by atoms with van der Waals surface area (Å²) in [6, 6.07) is 4.50. The molecule has 2 aromatic rings. The van der Waals surface area contributed by atoms with Crippen LogP contribution in [-0.4, -0.2) is 33.2 Å². The van der Waals surface area contributed by atoms with E-state index >= 15 is 0 Å². The van der Waals surface area contributed by atoms with E-state index in [0.29, 0.717) is 12.1 Å². The minimum Gasteiger partial charge on any atom is -0.506 e. The number of hydrogen-bond acceptors (Lipinski definition) is 3. The summed E-state index contributed by atoms with van der Waals surface area (Å²) in [7, 11) is 1.75. The molecule has 0 radical (unpaired) electrons. The van der Waals surface area contributed by atoms with Gasteiger partial charge in [0.1, 0.15) is 5.75 Å². The molecular weight excluding hydrogens is 314 g/mol. The van der Waals surface area contributed by atoms with Gasteiger partial charge in [0, 0.05) is 18.3 Å². The summed E-state index contributed by atoms with van der Waals surface area (Å²) in [5.74, 6) is -0.166. The first-order valence-corrected chi connectivity index (χ1v) is 8.23. The number of amides is 1. The van der Waals surface area contributed by atoms with Crippen LogP contribution in [0.1, 0.15) is 46.6 Å². The largest absolute Gasteiger partial charge is 0.506 e. The Morgan fingerprint density at radius 2 is 2.13 bits per heavy atom. The van der Waals surface area contributed by atoms with Crippen LogP contribution in [0.2, 0.25) is 5.02 Å². The van der Waals surface area contributed by atoms with E-state index in [9.17, 15) is 9.90 Å². The zero-order chi connectivity index (χ0) is 16.4. The number of benzene rings is 1. The van der Waals surface area contributed by atoms with Gasteiger partial charge in [0.15, 0.2) is 0 Å². The molecule has 6 heteroatoms. The zero-order valence-corrected chi connectivity index (χ0v) is 13.9. The van der Waals surface area contributed by atoms with Crippen LogP contribution in [0.4, 0.5) is 0 Å². The van der Waals surface area contributed by atoms with Crippen LogP contribution < -0.4 is 0 Å². The van der Waals surface area contributed by atoms with Crippen LogP contribution in [0.5, 0.6) is 5.75 Å². The average Bonchev–Trinajstić information content (AvgIpc) is 2.77. The minimum atomic E-state index is -0.141. The van der Waals surface area contributed by atoms with E-state index in [-0.39, 0.29) is 16.7 Å². The molecule has 0 spiro atoms. The van der Waals surface area contributed by atoms with E-state index in [1.54, 1.807) is 18.0 Å². The number of carbonyl (C=O) groups excluding carboxylic acids is 1. The molecule has 1 amide bonds. The van der Waals surface area contributed by atoms with Crippen LogP contribution in [-0.2, 0) is 19.4 Å². The summed E-state index contributed by atoms with van der Waals surface area (Å²) in [5, 5.41) is 17.2. The van der Waals surface area contributed by atoms with E-state index in [4.69, 9.17) is 11.6 Å². The summed E-state index contributed by atoms with van der Waals surface area (Å²) in [6.45, 7) is 0.461. The van der Waals surface area contributed by atoms with Gasteiger partial charge >= 0.3 is 0 Å². The lowest BCUT2D eigenvalue weighted by Gasteiger charge is -2.17. The number of hydrogen-bond donors (Lipinski definition) is 2. The van der Waals surface area contributed by atoms with Crippen LogP contribution in [0.15, 0.2) is 18.2 Å². The van der Waals surface area contributed by atoms with E-state index in [1.165, 1.54) is 42.7 Å². The summed E-state index contributed by atoms with van der Waals surface area (Å²) in [4.78, 5) is 14.1. The molecule has 1 aromatic heterocycles. The molecule has 1 aromatic carbocycles. The van der Waals surface area contributed by atoms with Gasteiger partial charge in [-0.15, -0.1) is 0 Å². The normalized spacial score (nSPS) is 14.2. The SMILES string of the molecule is CN(Cc1n[nH]c2c1CCCCC2)C(=O)c1ccc(O)c(Cl)c1. The van der Waals surface area contributed by atoms with Crippen LogP contribution in [0.25, 0.3) is 0 Å². The van der Waals surface area contributed by atoms with Crippen molar-refractivity contribution in [3.05, 3.63) is 45.7 Å². The smallest absolute Gasteiger partial charge is 0.254 e. The number of aryl methyl sites for hydroxylation is 1. The molecule has 0 atom stereocenters. The molecule has 0 fully saturated rings. The van der Waals surface area contributed by atoms with E-state index in [2.05, 4.69) is 10.2 Å². The summed E-state index contributed by atoms with van der Waals surface area (Å²) in [6.07, 6.45) is 5.66. The van der Waals surface area contributed by atoms with Gasteiger partial charge in [-0.2, -0.15) is 5.10 Å². The van der Waals surface area contributed by atoms with Crippen molar-refractivity contribution in [2.24, 2.45) is 0 Å². The van der Waals surface area contributed by atoms with E-state index < -0.39 is 0 Å². The lowest BCUT2D eigenvalue weighted by molar-refractivity contribution is 0.0783. The number of nitrogens with one attached hydrogen (secondary N) is 1. The number of aromatic nitrogens is 2. The second-order valence-electron chi connectivity index (χ2n) is 6.02. The van der Waals surface area contributed by atoms with Crippen molar-refractivity contribution in [1.29, 1.82) is 0 Å². The molecule has 23 heavy (non-hydrogen) atoms. The Morgan fingerprint density at radius 3 is 2.91 bits per heavy atom.